The van der Waals surface area contributed by atoms with Crippen LogP contribution in [0.1, 0.15) is 46.5 Å². The summed E-state index contributed by atoms with van der Waals surface area (Å²) in [7, 11) is 0. The number of ether oxygens (including phenoxy) is 1. The van der Waals surface area contributed by atoms with Gasteiger partial charge >= 0.3 is 5.97 Å². The van der Waals surface area contributed by atoms with E-state index in [-0.39, 0.29) is 11.9 Å². The van der Waals surface area contributed by atoms with Gasteiger partial charge in [0.2, 0.25) is 5.91 Å². The minimum absolute atomic E-state index is 0.192. The Labute approximate surface area is 103 Å². The summed E-state index contributed by atoms with van der Waals surface area (Å²) in [4.78, 5) is 21.8. The van der Waals surface area contributed by atoms with Crippen LogP contribution in [0.3, 0.4) is 0 Å². The molecule has 0 heterocycles. The van der Waals surface area contributed by atoms with Crippen molar-refractivity contribution in [2.45, 2.75) is 52.1 Å². The lowest BCUT2D eigenvalue weighted by molar-refractivity contribution is -0.154. The molecule has 0 bridgehead atoms. The number of esters is 1. The molecule has 0 atom stereocenters. The average molecular weight is 244 g/mol. The highest BCUT2D eigenvalue weighted by molar-refractivity contribution is 5.73. The van der Waals surface area contributed by atoms with Crippen molar-refractivity contribution in [2.24, 2.45) is 5.73 Å². The van der Waals surface area contributed by atoms with Crippen molar-refractivity contribution < 1.29 is 14.3 Å². The van der Waals surface area contributed by atoms with E-state index in [1.54, 1.807) is 0 Å². The molecular formula is C12H24N2O3. The molecule has 0 aliphatic rings. The predicted molar refractivity (Wildman–Crippen MR) is 66.4 cm³/mol. The van der Waals surface area contributed by atoms with Gasteiger partial charge in [-0.3, -0.25) is 9.59 Å². The molecule has 0 saturated heterocycles. The van der Waals surface area contributed by atoms with Crippen LogP contribution in [-0.2, 0) is 14.3 Å². The molecular weight excluding hydrogens is 220 g/mol. The highest BCUT2D eigenvalue weighted by Crippen LogP contribution is 2.07. The van der Waals surface area contributed by atoms with Crippen LogP contribution in [0.15, 0.2) is 0 Å². The molecule has 0 aliphatic carbocycles. The smallest absolute Gasteiger partial charge is 0.307 e. The number of carbonyl (C=O) groups excluding carboxylic acids is 2. The molecule has 0 aromatic heterocycles. The first kappa shape index (κ1) is 15.9. The normalized spacial score (nSPS) is 11.2. The lowest BCUT2D eigenvalue weighted by Crippen LogP contribution is -2.27. The molecule has 1 amide bonds. The Hall–Kier alpha value is -1.10. The molecule has 0 rings (SSSR count). The minimum atomic E-state index is -0.418. The zero-order chi connectivity index (χ0) is 13.3. The topological polar surface area (TPSA) is 81.4 Å². The number of amides is 1. The number of unbranched alkanes of at least 4 members (excludes halogenated alkanes) is 1. The molecule has 5 heteroatoms. The fraction of sp³-hybridized carbons (Fsp3) is 0.833. The maximum Gasteiger partial charge on any atom is 0.307 e. The van der Waals surface area contributed by atoms with E-state index in [4.69, 9.17) is 10.5 Å². The van der Waals surface area contributed by atoms with E-state index >= 15 is 0 Å². The summed E-state index contributed by atoms with van der Waals surface area (Å²) in [6, 6.07) is 0. The van der Waals surface area contributed by atoms with E-state index < -0.39 is 5.60 Å². The molecule has 17 heavy (non-hydrogen) atoms. The number of nitrogens with one attached hydrogen (secondary N) is 1. The molecule has 3 N–H and O–H groups in total. The Bertz CT molecular complexity index is 247. The fourth-order valence-corrected chi connectivity index (χ4v) is 1.26. The average Bonchev–Trinajstić information content (AvgIpc) is 2.12. The van der Waals surface area contributed by atoms with Crippen LogP contribution in [0.25, 0.3) is 0 Å². The number of carbonyl (C=O) groups is 2. The summed E-state index contributed by atoms with van der Waals surface area (Å²) in [5, 5.41) is 3.12. The Balaban J connectivity index is 3.34. The van der Waals surface area contributed by atoms with E-state index in [1.807, 2.05) is 20.8 Å². The predicted octanol–water partition coefficient (Wildman–Crippen LogP) is 0.963. The fourth-order valence-electron chi connectivity index (χ4n) is 1.26. The molecule has 0 aromatic carbocycles. The Kier molecular flexibility index (Phi) is 7.54. The summed E-state index contributed by atoms with van der Waals surface area (Å²) in [6.45, 7) is 6.94. The lowest BCUT2D eigenvalue weighted by Gasteiger charge is -2.19. The third kappa shape index (κ3) is 12.8. The van der Waals surface area contributed by atoms with Gasteiger partial charge in [-0.1, -0.05) is 0 Å². The van der Waals surface area contributed by atoms with Gasteiger partial charge in [-0.2, -0.15) is 0 Å². The van der Waals surface area contributed by atoms with Gasteiger partial charge in [0.15, 0.2) is 0 Å². The van der Waals surface area contributed by atoms with Crippen molar-refractivity contribution in [2.75, 3.05) is 13.1 Å². The Morgan fingerprint density at radius 1 is 1.12 bits per heavy atom. The summed E-state index contributed by atoms with van der Waals surface area (Å²) in [5.74, 6) is -0.458. The molecule has 5 nitrogen and oxygen atoms in total. The maximum atomic E-state index is 11.3. The molecule has 0 radical (unpaired) electrons. The second-order valence-corrected chi connectivity index (χ2v) is 5.01. The number of hydrogen-bond acceptors (Lipinski definition) is 4. The summed E-state index contributed by atoms with van der Waals surface area (Å²) >= 11 is 0. The van der Waals surface area contributed by atoms with Crippen LogP contribution < -0.4 is 11.1 Å². The third-order valence-electron chi connectivity index (χ3n) is 1.95. The Morgan fingerprint density at radius 2 is 1.76 bits per heavy atom. The van der Waals surface area contributed by atoms with Crippen molar-refractivity contribution in [1.29, 1.82) is 0 Å². The van der Waals surface area contributed by atoms with Gasteiger partial charge in [0.05, 0.1) is 6.42 Å². The maximum absolute atomic E-state index is 11.3. The van der Waals surface area contributed by atoms with Crippen molar-refractivity contribution in [3.63, 3.8) is 0 Å². The van der Waals surface area contributed by atoms with Crippen molar-refractivity contribution in [1.82, 2.24) is 5.32 Å². The number of rotatable bonds is 8. The number of hydrogen-bond donors (Lipinski definition) is 2. The summed E-state index contributed by atoms with van der Waals surface area (Å²) < 4.78 is 5.16. The van der Waals surface area contributed by atoms with Gasteiger partial charge in [-0.15, -0.1) is 0 Å². The highest BCUT2D eigenvalue weighted by Gasteiger charge is 2.15. The van der Waals surface area contributed by atoms with Crippen LogP contribution >= 0.6 is 0 Å². The lowest BCUT2D eigenvalue weighted by atomic mass is 10.2. The Morgan fingerprint density at radius 3 is 2.29 bits per heavy atom. The van der Waals surface area contributed by atoms with Crippen LogP contribution in [0.2, 0.25) is 0 Å². The third-order valence-corrected chi connectivity index (χ3v) is 1.95. The second kappa shape index (κ2) is 8.06. The second-order valence-electron chi connectivity index (χ2n) is 5.01. The zero-order valence-corrected chi connectivity index (χ0v) is 11.0. The van der Waals surface area contributed by atoms with Gasteiger partial charge in [-0.25, -0.2) is 0 Å². The van der Waals surface area contributed by atoms with E-state index in [2.05, 4.69) is 5.32 Å². The first-order valence-corrected chi connectivity index (χ1v) is 6.02. The first-order valence-electron chi connectivity index (χ1n) is 6.02. The van der Waals surface area contributed by atoms with Crippen molar-refractivity contribution in [3.05, 3.63) is 0 Å². The van der Waals surface area contributed by atoms with Crippen LogP contribution in [0.5, 0.6) is 0 Å². The SMILES string of the molecule is CC(C)(C)OC(=O)CCNCCCCC(N)=O. The quantitative estimate of drug-likeness (QED) is 0.492. The molecule has 0 unspecified atom stereocenters. The first-order chi connectivity index (χ1) is 7.81. The van der Waals surface area contributed by atoms with E-state index in [9.17, 15) is 9.59 Å². The van der Waals surface area contributed by atoms with Gasteiger partial charge in [0, 0.05) is 13.0 Å². The largest absolute Gasteiger partial charge is 0.460 e. The summed E-state index contributed by atoms with van der Waals surface area (Å²) in [5.41, 5.74) is 4.59. The molecule has 0 aromatic rings. The van der Waals surface area contributed by atoms with Crippen LogP contribution in [0, 0.1) is 0 Å². The standard InChI is InChI=1S/C12H24N2O3/c1-12(2,3)17-11(16)7-9-14-8-5-4-6-10(13)15/h14H,4-9H2,1-3H3,(H2,13,15). The van der Waals surface area contributed by atoms with Gasteiger partial charge in [0.25, 0.3) is 0 Å². The van der Waals surface area contributed by atoms with Crippen LogP contribution in [-0.4, -0.2) is 30.6 Å². The zero-order valence-electron chi connectivity index (χ0n) is 11.0. The molecule has 0 fully saturated rings. The van der Waals surface area contributed by atoms with Gasteiger partial charge < -0.3 is 15.8 Å². The number of primary amides is 1. The van der Waals surface area contributed by atoms with E-state index in [0.717, 1.165) is 19.4 Å². The van der Waals surface area contributed by atoms with Crippen molar-refractivity contribution in [3.8, 4) is 0 Å². The molecule has 0 spiro atoms. The molecule has 0 saturated carbocycles. The molecule has 0 aliphatic heterocycles. The van der Waals surface area contributed by atoms with E-state index in [0.29, 0.717) is 19.4 Å². The van der Waals surface area contributed by atoms with Gasteiger partial charge in [0.1, 0.15) is 5.60 Å². The van der Waals surface area contributed by atoms with Crippen molar-refractivity contribution >= 4 is 11.9 Å². The van der Waals surface area contributed by atoms with Crippen LogP contribution in [0.4, 0.5) is 0 Å². The number of nitrogens with two attached hydrogens (primary N) is 1. The monoisotopic (exact) mass is 244 g/mol. The molecule has 100 valence electrons. The summed E-state index contributed by atoms with van der Waals surface area (Å²) in [6.07, 6.45) is 2.47. The van der Waals surface area contributed by atoms with Gasteiger partial charge in [-0.05, 0) is 40.2 Å². The van der Waals surface area contributed by atoms with E-state index in [1.165, 1.54) is 0 Å². The minimum Gasteiger partial charge on any atom is -0.460 e. The highest BCUT2D eigenvalue weighted by atomic mass is 16.6.